The summed E-state index contributed by atoms with van der Waals surface area (Å²) in [6.45, 7) is 0.233. The summed E-state index contributed by atoms with van der Waals surface area (Å²) >= 11 is 9.67. The molecule has 2 heterocycles. The Balaban J connectivity index is 1.23. The number of hydrogen-bond donors (Lipinski definition) is 1. The van der Waals surface area contributed by atoms with Crippen LogP contribution in [0.5, 0.6) is 5.75 Å². The molecule has 0 fully saturated rings. The van der Waals surface area contributed by atoms with Crippen LogP contribution in [0.1, 0.15) is 16.3 Å². The monoisotopic (exact) mass is 669 g/mol. The molecule has 0 radical (unpaired) electrons. The molecule has 0 aliphatic rings. The van der Waals surface area contributed by atoms with Crippen molar-refractivity contribution in [3.05, 3.63) is 110 Å². The number of benzene rings is 3. The Morgan fingerprint density at radius 3 is 2.39 bits per heavy atom. The van der Waals surface area contributed by atoms with Crippen LogP contribution < -0.4 is 10.1 Å². The molecule has 3 aromatic carbocycles. The molecule has 0 spiro atoms. The van der Waals surface area contributed by atoms with E-state index in [-0.39, 0.29) is 18.3 Å². The lowest BCUT2D eigenvalue weighted by molar-refractivity contribution is -0.113. The Bertz CT molecular complexity index is 1510. The van der Waals surface area contributed by atoms with Crippen molar-refractivity contribution in [2.75, 3.05) is 11.1 Å². The van der Waals surface area contributed by atoms with Crippen LogP contribution in [0.2, 0.25) is 0 Å². The minimum atomic E-state index is -0.158. The number of nitrogens with zero attached hydrogens (tertiary/aromatic N) is 4. The number of anilines is 1. The summed E-state index contributed by atoms with van der Waals surface area (Å²) < 4.78 is 9.87. The van der Waals surface area contributed by atoms with Crippen LogP contribution in [-0.4, -0.2) is 31.4 Å². The highest BCUT2D eigenvalue weighted by atomic mass is 79.9. The van der Waals surface area contributed by atoms with Crippen molar-refractivity contribution in [1.29, 1.82) is 0 Å². The summed E-state index contributed by atoms with van der Waals surface area (Å²) in [4.78, 5) is 18.2. The van der Waals surface area contributed by atoms with Gasteiger partial charge in [0.2, 0.25) is 5.91 Å². The first-order valence-electron chi connectivity index (χ1n) is 11.5. The van der Waals surface area contributed by atoms with Gasteiger partial charge in [-0.2, -0.15) is 0 Å². The van der Waals surface area contributed by atoms with Crippen molar-refractivity contribution in [3.63, 3.8) is 0 Å². The fraction of sp³-hybridized carbons (Fsp3) is 0.111. The second-order valence-corrected chi connectivity index (χ2v) is 12.0. The molecule has 0 unspecified atom stereocenters. The number of rotatable bonds is 10. The fourth-order valence-corrected chi connectivity index (χ4v) is 5.70. The Morgan fingerprint density at radius 1 is 0.947 bits per heavy atom. The number of hydrogen-bond acceptors (Lipinski definition) is 7. The number of thioether (sulfide) groups is 1. The molecule has 0 aliphatic carbocycles. The Hall–Kier alpha value is -2.99. The largest absolute Gasteiger partial charge is 0.486 e. The lowest BCUT2D eigenvalue weighted by Gasteiger charge is -2.11. The van der Waals surface area contributed by atoms with Crippen LogP contribution >= 0.6 is 55.0 Å². The molecular weight excluding hydrogens is 650 g/mol. The third kappa shape index (κ3) is 7.10. The van der Waals surface area contributed by atoms with Crippen LogP contribution in [0.4, 0.5) is 5.13 Å². The first-order valence-corrected chi connectivity index (χ1v) is 14.9. The summed E-state index contributed by atoms with van der Waals surface area (Å²) in [5.41, 5.74) is 2.08. The molecule has 7 nitrogen and oxygen atoms in total. The van der Waals surface area contributed by atoms with Crippen LogP contribution in [0.25, 0.3) is 5.69 Å². The van der Waals surface area contributed by atoms with E-state index in [1.807, 2.05) is 71.3 Å². The van der Waals surface area contributed by atoms with Gasteiger partial charge >= 0.3 is 0 Å². The molecule has 0 aliphatic heterocycles. The predicted octanol–water partition coefficient (Wildman–Crippen LogP) is 7.15. The standard InChI is InChI=1S/C27H21Br2N5O2S2/c28-19-8-6-18(7-9-19)14-23-15-30-26(38-23)31-25(35)17-37-27-33-32-24(34(27)21-4-2-1-3-5-21)16-36-22-12-10-20(29)11-13-22/h1-13,15H,14,16-17H2,(H,30,31,35). The summed E-state index contributed by atoms with van der Waals surface area (Å²) in [6, 6.07) is 25.6. The van der Waals surface area contributed by atoms with Gasteiger partial charge < -0.3 is 10.1 Å². The van der Waals surface area contributed by atoms with Gasteiger partial charge in [0.05, 0.1) is 5.75 Å². The highest BCUT2D eigenvalue weighted by Crippen LogP contribution is 2.25. The van der Waals surface area contributed by atoms with E-state index in [1.54, 1.807) is 6.20 Å². The molecule has 0 atom stereocenters. The van der Waals surface area contributed by atoms with E-state index in [4.69, 9.17) is 4.74 Å². The van der Waals surface area contributed by atoms with Crippen molar-refractivity contribution in [2.24, 2.45) is 0 Å². The quantitative estimate of drug-likeness (QED) is 0.159. The fourth-order valence-electron chi connectivity index (χ4n) is 3.54. The number of carbonyl (C=O) groups excluding carboxylic acids is 1. The molecule has 192 valence electrons. The third-order valence-corrected chi connectivity index (χ3v) is 8.22. The maximum absolute atomic E-state index is 12.7. The van der Waals surface area contributed by atoms with Gasteiger partial charge in [-0.25, -0.2) is 4.98 Å². The molecule has 11 heteroatoms. The van der Waals surface area contributed by atoms with Crippen molar-refractivity contribution in [3.8, 4) is 11.4 Å². The maximum atomic E-state index is 12.7. The number of carbonyl (C=O) groups is 1. The first kappa shape index (κ1) is 26.6. The van der Waals surface area contributed by atoms with Crippen molar-refractivity contribution in [1.82, 2.24) is 19.7 Å². The number of ether oxygens (including phenoxy) is 1. The normalized spacial score (nSPS) is 10.9. The Labute approximate surface area is 244 Å². The highest BCUT2D eigenvalue weighted by molar-refractivity contribution is 9.10. The number of para-hydroxylation sites is 1. The molecule has 1 N–H and O–H groups in total. The summed E-state index contributed by atoms with van der Waals surface area (Å²) in [6.07, 6.45) is 2.57. The molecule has 38 heavy (non-hydrogen) atoms. The van der Waals surface area contributed by atoms with Gasteiger partial charge in [0.1, 0.15) is 12.4 Å². The van der Waals surface area contributed by atoms with Crippen LogP contribution in [0, 0.1) is 0 Å². The van der Waals surface area contributed by atoms with E-state index >= 15 is 0 Å². The molecule has 1 amide bonds. The minimum absolute atomic E-state index is 0.158. The van der Waals surface area contributed by atoms with E-state index in [9.17, 15) is 4.79 Å². The molecule has 0 bridgehead atoms. The Kier molecular flexibility index (Phi) is 8.90. The van der Waals surface area contributed by atoms with E-state index in [0.717, 1.165) is 31.7 Å². The molecule has 2 aromatic heterocycles. The zero-order chi connectivity index (χ0) is 26.3. The Morgan fingerprint density at radius 2 is 1.66 bits per heavy atom. The number of nitrogens with one attached hydrogen (secondary N) is 1. The third-order valence-electron chi connectivity index (χ3n) is 5.32. The van der Waals surface area contributed by atoms with Crippen molar-refractivity contribution >= 4 is 66.0 Å². The van der Waals surface area contributed by atoms with Crippen molar-refractivity contribution in [2.45, 2.75) is 18.2 Å². The molecule has 0 saturated heterocycles. The first-order chi connectivity index (χ1) is 18.5. The number of halogens is 2. The van der Waals surface area contributed by atoms with Gasteiger partial charge in [0, 0.05) is 32.1 Å². The van der Waals surface area contributed by atoms with Gasteiger partial charge in [-0.1, -0.05) is 74.0 Å². The average Bonchev–Trinajstić information content (AvgIpc) is 3.55. The van der Waals surface area contributed by atoms with E-state index in [2.05, 4.69) is 64.5 Å². The van der Waals surface area contributed by atoms with Crippen LogP contribution in [-0.2, 0) is 17.8 Å². The average molecular weight is 671 g/mol. The van der Waals surface area contributed by atoms with Crippen molar-refractivity contribution < 1.29 is 9.53 Å². The molecule has 5 aromatic rings. The minimum Gasteiger partial charge on any atom is -0.486 e. The summed E-state index contributed by atoms with van der Waals surface area (Å²) in [5, 5.41) is 12.8. The molecular formula is C27H21Br2N5O2S2. The summed E-state index contributed by atoms with van der Waals surface area (Å²) in [7, 11) is 0. The van der Waals surface area contributed by atoms with E-state index < -0.39 is 0 Å². The maximum Gasteiger partial charge on any atom is 0.236 e. The highest BCUT2D eigenvalue weighted by Gasteiger charge is 2.17. The second kappa shape index (κ2) is 12.7. The zero-order valence-corrected chi connectivity index (χ0v) is 24.7. The molecule has 0 saturated carbocycles. The second-order valence-electron chi connectivity index (χ2n) is 8.08. The predicted molar refractivity (Wildman–Crippen MR) is 158 cm³/mol. The molecule has 5 rings (SSSR count). The van der Waals surface area contributed by atoms with Crippen LogP contribution in [0.3, 0.4) is 0 Å². The van der Waals surface area contributed by atoms with Gasteiger partial charge in [0.15, 0.2) is 16.1 Å². The topological polar surface area (TPSA) is 81.9 Å². The lowest BCUT2D eigenvalue weighted by Crippen LogP contribution is -2.14. The lowest BCUT2D eigenvalue weighted by atomic mass is 10.1. The smallest absolute Gasteiger partial charge is 0.236 e. The summed E-state index contributed by atoms with van der Waals surface area (Å²) in [5.74, 6) is 1.38. The van der Waals surface area contributed by atoms with Gasteiger partial charge in [-0.05, 0) is 54.1 Å². The number of thiazole rings is 1. The van der Waals surface area contributed by atoms with Gasteiger partial charge in [-0.15, -0.1) is 21.5 Å². The van der Waals surface area contributed by atoms with E-state index in [1.165, 1.54) is 28.7 Å². The zero-order valence-electron chi connectivity index (χ0n) is 19.9. The van der Waals surface area contributed by atoms with Gasteiger partial charge in [-0.3, -0.25) is 9.36 Å². The SMILES string of the molecule is O=C(CSc1nnc(COc2ccc(Br)cc2)n1-c1ccccc1)Nc1ncc(Cc2ccc(Br)cc2)s1. The number of amides is 1. The van der Waals surface area contributed by atoms with Crippen LogP contribution in [0.15, 0.2) is 99.2 Å². The number of aromatic nitrogens is 4. The van der Waals surface area contributed by atoms with Gasteiger partial charge in [0.25, 0.3) is 0 Å². The van der Waals surface area contributed by atoms with E-state index in [0.29, 0.717) is 16.1 Å².